The van der Waals surface area contributed by atoms with E-state index in [-0.39, 0.29) is 6.10 Å². The lowest BCUT2D eigenvalue weighted by molar-refractivity contribution is 0.112. The van der Waals surface area contributed by atoms with Crippen molar-refractivity contribution in [2.45, 2.75) is 50.3 Å². The lowest BCUT2D eigenvalue weighted by atomic mass is 9.90. The van der Waals surface area contributed by atoms with Crippen molar-refractivity contribution < 1.29 is 5.11 Å². The number of hydrogen-bond donors (Lipinski definition) is 2. The maximum absolute atomic E-state index is 9.51. The summed E-state index contributed by atoms with van der Waals surface area (Å²) < 4.78 is 0. The van der Waals surface area contributed by atoms with E-state index < -0.39 is 0 Å². The van der Waals surface area contributed by atoms with Gasteiger partial charge in [0.15, 0.2) is 0 Å². The molecule has 0 radical (unpaired) electrons. The zero-order valence-electron chi connectivity index (χ0n) is 7.74. The van der Waals surface area contributed by atoms with Gasteiger partial charge in [-0.25, -0.2) is 0 Å². The van der Waals surface area contributed by atoms with Gasteiger partial charge in [0.2, 0.25) is 0 Å². The summed E-state index contributed by atoms with van der Waals surface area (Å²) >= 11 is 0. The molecule has 0 amide bonds. The molecule has 0 saturated heterocycles. The van der Waals surface area contributed by atoms with Gasteiger partial charge in [0, 0.05) is 5.92 Å². The van der Waals surface area contributed by atoms with Gasteiger partial charge in [-0.1, -0.05) is 0 Å². The lowest BCUT2D eigenvalue weighted by Crippen LogP contribution is -2.41. The Kier molecular flexibility index (Phi) is 1.62. The fraction of sp³-hybridized carbons (Fsp3) is 0.900. The molecule has 1 aliphatic heterocycles. The molecule has 2 saturated carbocycles. The zero-order valence-corrected chi connectivity index (χ0v) is 7.74. The second kappa shape index (κ2) is 2.71. The summed E-state index contributed by atoms with van der Waals surface area (Å²) in [7, 11) is 0. The Balaban J connectivity index is 1.71. The van der Waals surface area contributed by atoms with Gasteiger partial charge in [0.1, 0.15) is 5.84 Å². The lowest BCUT2D eigenvalue weighted by Gasteiger charge is -2.27. The molecular weight excluding hydrogens is 164 g/mol. The van der Waals surface area contributed by atoms with Crippen molar-refractivity contribution >= 4 is 5.84 Å². The van der Waals surface area contributed by atoms with Crippen LogP contribution in [0, 0.1) is 5.92 Å². The van der Waals surface area contributed by atoms with Crippen LogP contribution in [0.25, 0.3) is 0 Å². The van der Waals surface area contributed by atoms with E-state index in [4.69, 9.17) is 4.99 Å². The van der Waals surface area contributed by atoms with Crippen molar-refractivity contribution in [3.05, 3.63) is 0 Å². The molecular formula is C10H16N2O. The first-order valence-electron chi connectivity index (χ1n) is 5.35. The third-order valence-electron chi connectivity index (χ3n) is 3.39. The summed E-state index contributed by atoms with van der Waals surface area (Å²) in [5.74, 6) is 1.98. The topological polar surface area (TPSA) is 44.6 Å². The normalized spacial score (nSPS) is 43.8. The van der Waals surface area contributed by atoms with Crippen LogP contribution >= 0.6 is 0 Å². The highest BCUT2D eigenvalue weighted by atomic mass is 16.3. The molecule has 3 aliphatic rings. The molecule has 0 aromatic rings. The second-order valence-corrected chi connectivity index (χ2v) is 4.57. The first-order chi connectivity index (χ1) is 6.33. The number of hydrogen-bond acceptors (Lipinski definition) is 3. The highest BCUT2D eigenvalue weighted by molar-refractivity contribution is 5.88. The van der Waals surface area contributed by atoms with E-state index in [0.717, 1.165) is 25.2 Å². The molecule has 3 rings (SSSR count). The monoisotopic (exact) mass is 180 g/mol. The molecule has 0 aromatic heterocycles. The quantitative estimate of drug-likeness (QED) is 0.623. The third kappa shape index (κ3) is 1.35. The number of fused-ring (bicyclic) bond motifs is 1. The number of amidine groups is 1. The molecule has 0 bridgehead atoms. The van der Waals surface area contributed by atoms with Crippen LogP contribution in [0.2, 0.25) is 0 Å². The van der Waals surface area contributed by atoms with E-state index >= 15 is 0 Å². The minimum absolute atomic E-state index is 0.0949. The van der Waals surface area contributed by atoms with Crippen molar-refractivity contribution in [3.8, 4) is 0 Å². The Morgan fingerprint density at radius 1 is 1.23 bits per heavy atom. The van der Waals surface area contributed by atoms with Gasteiger partial charge in [0.25, 0.3) is 0 Å². The van der Waals surface area contributed by atoms with Crippen LogP contribution < -0.4 is 5.32 Å². The Morgan fingerprint density at radius 2 is 2.08 bits per heavy atom. The van der Waals surface area contributed by atoms with E-state index in [9.17, 15) is 5.11 Å². The van der Waals surface area contributed by atoms with Gasteiger partial charge in [-0.15, -0.1) is 0 Å². The summed E-state index contributed by atoms with van der Waals surface area (Å²) in [6, 6.07) is 0.915. The molecule has 13 heavy (non-hydrogen) atoms. The van der Waals surface area contributed by atoms with Crippen LogP contribution in [0.5, 0.6) is 0 Å². The Bertz CT molecular complexity index is 247. The first-order valence-corrected chi connectivity index (χ1v) is 5.35. The van der Waals surface area contributed by atoms with Crippen LogP contribution in [-0.2, 0) is 0 Å². The SMILES string of the molecule is OC1CCC2N=C(C3CC3)NC2C1. The zero-order chi connectivity index (χ0) is 8.84. The Labute approximate surface area is 78.2 Å². The summed E-state index contributed by atoms with van der Waals surface area (Å²) in [4.78, 5) is 4.70. The summed E-state index contributed by atoms with van der Waals surface area (Å²) in [6.45, 7) is 0. The third-order valence-corrected chi connectivity index (χ3v) is 3.39. The fourth-order valence-electron chi connectivity index (χ4n) is 2.43. The van der Waals surface area contributed by atoms with E-state index in [1.807, 2.05) is 0 Å². The van der Waals surface area contributed by atoms with Gasteiger partial charge < -0.3 is 10.4 Å². The van der Waals surface area contributed by atoms with Gasteiger partial charge in [-0.2, -0.15) is 0 Å². The van der Waals surface area contributed by atoms with Gasteiger partial charge in [-0.05, 0) is 32.1 Å². The molecule has 1 heterocycles. The van der Waals surface area contributed by atoms with Crippen LogP contribution in [0.3, 0.4) is 0 Å². The van der Waals surface area contributed by atoms with Gasteiger partial charge in [0.05, 0.1) is 18.2 Å². The number of rotatable bonds is 1. The largest absolute Gasteiger partial charge is 0.393 e. The highest BCUT2D eigenvalue weighted by Crippen LogP contribution is 2.34. The smallest absolute Gasteiger partial charge is 0.100 e. The Morgan fingerprint density at radius 3 is 2.85 bits per heavy atom. The van der Waals surface area contributed by atoms with Crippen LogP contribution in [0.4, 0.5) is 0 Å². The molecule has 3 unspecified atom stereocenters. The first kappa shape index (κ1) is 7.80. The summed E-state index contributed by atoms with van der Waals surface area (Å²) in [5, 5.41) is 13.0. The van der Waals surface area contributed by atoms with Crippen molar-refractivity contribution in [3.63, 3.8) is 0 Å². The van der Waals surface area contributed by atoms with E-state index in [1.165, 1.54) is 18.7 Å². The number of aliphatic hydroxyl groups excluding tert-OH is 1. The summed E-state index contributed by atoms with van der Waals surface area (Å²) in [6.07, 6.45) is 5.42. The second-order valence-electron chi connectivity index (χ2n) is 4.57. The fourth-order valence-corrected chi connectivity index (χ4v) is 2.43. The van der Waals surface area contributed by atoms with E-state index in [1.54, 1.807) is 0 Å². The van der Waals surface area contributed by atoms with Gasteiger partial charge >= 0.3 is 0 Å². The van der Waals surface area contributed by atoms with Gasteiger partial charge in [-0.3, -0.25) is 4.99 Å². The average molecular weight is 180 g/mol. The number of aliphatic hydroxyl groups is 1. The molecule has 3 heteroatoms. The number of aliphatic imine (C=N–C) groups is 1. The maximum Gasteiger partial charge on any atom is 0.100 e. The molecule has 0 spiro atoms. The maximum atomic E-state index is 9.51. The predicted octanol–water partition coefficient (Wildman–Crippen LogP) is 0.680. The molecule has 3 nitrogen and oxygen atoms in total. The van der Waals surface area contributed by atoms with Crippen LogP contribution in [-0.4, -0.2) is 29.1 Å². The van der Waals surface area contributed by atoms with Crippen LogP contribution in [0.15, 0.2) is 4.99 Å². The molecule has 3 atom stereocenters. The van der Waals surface area contributed by atoms with Crippen molar-refractivity contribution in [2.24, 2.45) is 10.9 Å². The standard InChI is InChI=1S/C10H16N2O/c13-7-3-4-8-9(5-7)12-10(11-8)6-1-2-6/h6-9,13H,1-5H2,(H,11,12). The minimum atomic E-state index is -0.0949. The Hall–Kier alpha value is -0.570. The predicted molar refractivity (Wildman–Crippen MR) is 50.7 cm³/mol. The van der Waals surface area contributed by atoms with E-state index in [0.29, 0.717) is 12.1 Å². The molecule has 0 aromatic carbocycles. The number of nitrogens with one attached hydrogen (secondary N) is 1. The summed E-state index contributed by atoms with van der Waals surface area (Å²) in [5.41, 5.74) is 0. The minimum Gasteiger partial charge on any atom is -0.393 e. The van der Waals surface area contributed by atoms with Crippen molar-refractivity contribution in [1.29, 1.82) is 0 Å². The van der Waals surface area contributed by atoms with Crippen LogP contribution in [0.1, 0.15) is 32.1 Å². The van der Waals surface area contributed by atoms with Crippen molar-refractivity contribution in [2.75, 3.05) is 0 Å². The average Bonchev–Trinajstić information content (AvgIpc) is 2.87. The molecule has 72 valence electrons. The van der Waals surface area contributed by atoms with Crippen molar-refractivity contribution in [1.82, 2.24) is 5.32 Å². The molecule has 2 aliphatic carbocycles. The van der Waals surface area contributed by atoms with E-state index in [2.05, 4.69) is 5.32 Å². The molecule has 2 fully saturated rings. The molecule has 2 N–H and O–H groups in total. The number of nitrogens with zero attached hydrogens (tertiary/aromatic N) is 1. The highest BCUT2D eigenvalue weighted by Gasteiger charge is 2.39.